The van der Waals surface area contributed by atoms with Crippen molar-refractivity contribution in [3.05, 3.63) is 75.6 Å². The van der Waals surface area contributed by atoms with Crippen LogP contribution in [0.4, 0.5) is 0 Å². The third-order valence-corrected chi connectivity index (χ3v) is 3.89. The van der Waals surface area contributed by atoms with Gasteiger partial charge in [0.15, 0.2) is 0 Å². The highest BCUT2D eigenvalue weighted by atomic mass is 16.4. The number of nitrogens with zero attached hydrogens (tertiary/aromatic N) is 1. The Morgan fingerprint density at radius 3 is 2.68 bits per heavy atom. The maximum Gasteiger partial charge on any atom is 0.345 e. The van der Waals surface area contributed by atoms with Crippen molar-refractivity contribution >= 4 is 16.8 Å². The van der Waals surface area contributed by atoms with Crippen molar-refractivity contribution in [2.24, 2.45) is 10.7 Å². The van der Waals surface area contributed by atoms with E-state index in [2.05, 4.69) is 4.99 Å². The summed E-state index contributed by atoms with van der Waals surface area (Å²) in [6.45, 7) is 0. The van der Waals surface area contributed by atoms with Crippen LogP contribution in [0.5, 0.6) is 5.75 Å². The van der Waals surface area contributed by atoms with Gasteiger partial charge in [-0.3, -0.25) is 4.99 Å². The van der Waals surface area contributed by atoms with Crippen LogP contribution in [0.3, 0.4) is 0 Å². The third kappa shape index (κ3) is 1.65. The average Bonchev–Trinajstić information content (AvgIpc) is 2.85. The lowest BCUT2D eigenvalue weighted by molar-refractivity contribution is 0.453. The second-order valence-corrected chi connectivity index (χ2v) is 5.15. The van der Waals surface area contributed by atoms with Gasteiger partial charge in [-0.1, -0.05) is 36.4 Å². The van der Waals surface area contributed by atoms with Crippen LogP contribution in [0.25, 0.3) is 11.0 Å². The van der Waals surface area contributed by atoms with E-state index in [0.29, 0.717) is 16.8 Å². The van der Waals surface area contributed by atoms with E-state index in [1.807, 2.05) is 24.3 Å². The number of nitrogens with two attached hydrogens (primary N) is 1. The molecule has 4 rings (SSSR count). The van der Waals surface area contributed by atoms with Crippen molar-refractivity contribution in [2.45, 2.75) is 6.04 Å². The Labute approximate surface area is 125 Å². The molecule has 2 heterocycles. The van der Waals surface area contributed by atoms with Gasteiger partial charge in [0.05, 0.1) is 5.39 Å². The molecule has 0 amide bonds. The van der Waals surface area contributed by atoms with Crippen LogP contribution < -0.4 is 11.4 Å². The van der Waals surface area contributed by atoms with Gasteiger partial charge in [0.25, 0.3) is 0 Å². The summed E-state index contributed by atoms with van der Waals surface area (Å²) in [7, 11) is 0. The van der Waals surface area contributed by atoms with Crippen LogP contribution in [0, 0.1) is 0 Å². The summed E-state index contributed by atoms with van der Waals surface area (Å²) in [5.74, 6) is 0.248. The summed E-state index contributed by atoms with van der Waals surface area (Å²) in [6, 6.07) is 13.6. The van der Waals surface area contributed by atoms with Crippen molar-refractivity contribution in [3.8, 4) is 5.75 Å². The Morgan fingerprint density at radius 1 is 1.09 bits per heavy atom. The van der Waals surface area contributed by atoms with Crippen LogP contribution in [0.15, 0.2) is 62.7 Å². The molecule has 2 aromatic carbocycles. The molecule has 5 heteroatoms. The topological polar surface area (TPSA) is 88.8 Å². The smallest absolute Gasteiger partial charge is 0.345 e. The van der Waals surface area contributed by atoms with Crippen LogP contribution in [-0.2, 0) is 0 Å². The Hall–Kier alpha value is -3.08. The van der Waals surface area contributed by atoms with Gasteiger partial charge in [-0.2, -0.15) is 0 Å². The zero-order valence-corrected chi connectivity index (χ0v) is 11.5. The minimum Gasteiger partial charge on any atom is -0.507 e. The predicted molar refractivity (Wildman–Crippen MR) is 83.2 cm³/mol. The summed E-state index contributed by atoms with van der Waals surface area (Å²) < 4.78 is 5.31. The number of fused-ring (bicyclic) bond motifs is 2. The molecule has 0 saturated carbocycles. The van der Waals surface area contributed by atoms with Gasteiger partial charge >= 0.3 is 5.63 Å². The van der Waals surface area contributed by atoms with Gasteiger partial charge in [-0.25, -0.2) is 4.79 Å². The molecular weight excluding hydrogens is 280 g/mol. The number of rotatable bonds is 1. The molecule has 3 aromatic rings. The fourth-order valence-electron chi connectivity index (χ4n) is 2.86. The second-order valence-electron chi connectivity index (χ2n) is 5.15. The molecule has 1 unspecified atom stereocenters. The van der Waals surface area contributed by atoms with Gasteiger partial charge < -0.3 is 15.3 Å². The molecule has 0 spiro atoms. The Bertz CT molecular complexity index is 989. The van der Waals surface area contributed by atoms with Crippen molar-refractivity contribution in [1.29, 1.82) is 0 Å². The summed E-state index contributed by atoms with van der Waals surface area (Å²) in [6.07, 6.45) is 0. The molecular formula is C17H12N2O3. The molecule has 1 aliphatic rings. The zero-order valence-electron chi connectivity index (χ0n) is 11.5. The lowest BCUT2D eigenvalue weighted by atomic mass is 9.97. The van der Waals surface area contributed by atoms with E-state index in [9.17, 15) is 9.90 Å². The van der Waals surface area contributed by atoms with E-state index in [1.165, 1.54) is 0 Å². The Morgan fingerprint density at radius 2 is 1.82 bits per heavy atom. The molecule has 108 valence electrons. The molecule has 22 heavy (non-hydrogen) atoms. The predicted octanol–water partition coefficient (Wildman–Crippen LogP) is 2.31. The highest BCUT2D eigenvalue weighted by molar-refractivity contribution is 6.02. The molecule has 0 saturated heterocycles. The van der Waals surface area contributed by atoms with Gasteiger partial charge in [0, 0.05) is 5.56 Å². The summed E-state index contributed by atoms with van der Waals surface area (Å²) in [4.78, 5) is 16.7. The second kappa shape index (κ2) is 4.46. The SMILES string of the molecule is NC1=NC(c2c(O)c3ccccc3oc2=O)c2ccccc21. The van der Waals surface area contributed by atoms with E-state index in [0.717, 1.165) is 11.1 Å². The minimum absolute atomic E-state index is 0.106. The van der Waals surface area contributed by atoms with Crippen molar-refractivity contribution in [3.63, 3.8) is 0 Å². The molecule has 0 radical (unpaired) electrons. The first-order valence-electron chi connectivity index (χ1n) is 6.84. The number of aromatic hydroxyl groups is 1. The van der Waals surface area contributed by atoms with E-state index in [1.54, 1.807) is 24.3 Å². The molecule has 0 aliphatic carbocycles. The number of para-hydroxylation sites is 1. The molecule has 0 bridgehead atoms. The monoisotopic (exact) mass is 292 g/mol. The highest BCUT2D eigenvalue weighted by Gasteiger charge is 2.30. The Balaban J connectivity index is 2.02. The quantitative estimate of drug-likeness (QED) is 0.673. The number of hydrogen-bond acceptors (Lipinski definition) is 5. The fraction of sp³-hybridized carbons (Fsp3) is 0.0588. The van der Waals surface area contributed by atoms with Gasteiger partial charge in [0.2, 0.25) is 0 Å². The van der Waals surface area contributed by atoms with E-state index in [-0.39, 0.29) is 11.3 Å². The van der Waals surface area contributed by atoms with E-state index < -0.39 is 11.7 Å². The van der Waals surface area contributed by atoms with Crippen LogP contribution in [0.1, 0.15) is 22.7 Å². The number of hydrogen-bond donors (Lipinski definition) is 2. The van der Waals surface area contributed by atoms with Crippen LogP contribution in [0.2, 0.25) is 0 Å². The zero-order chi connectivity index (χ0) is 15.3. The lowest BCUT2D eigenvalue weighted by Crippen LogP contribution is -2.12. The third-order valence-electron chi connectivity index (χ3n) is 3.89. The van der Waals surface area contributed by atoms with E-state index >= 15 is 0 Å². The standard InChI is InChI=1S/C17H12N2O3/c18-16-10-6-2-1-5-9(10)14(19-16)13-15(20)11-7-3-4-8-12(11)22-17(13)21/h1-8,14,20H,(H2,18,19). The van der Waals surface area contributed by atoms with Gasteiger partial charge in [-0.05, 0) is 17.7 Å². The van der Waals surface area contributed by atoms with Crippen molar-refractivity contribution < 1.29 is 9.52 Å². The molecule has 0 fully saturated rings. The minimum atomic E-state index is -0.642. The maximum atomic E-state index is 12.3. The average molecular weight is 292 g/mol. The van der Waals surface area contributed by atoms with Crippen molar-refractivity contribution in [2.75, 3.05) is 0 Å². The molecule has 1 aliphatic heterocycles. The summed E-state index contributed by atoms with van der Waals surface area (Å²) in [5, 5.41) is 11.0. The fourth-order valence-corrected chi connectivity index (χ4v) is 2.86. The van der Waals surface area contributed by atoms with Crippen LogP contribution in [-0.4, -0.2) is 10.9 Å². The normalized spacial score (nSPS) is 16.5. The first kappa shape index (κ1) is 12.6. The first-order valence-corrected chi connectivity index (χ1v) is 6.84. The molecule has 3 N–H and O–H groups in total. The van der Waals surface area contributed by atoms with E-state index in [4.69, 9.17) is 10.2 Å². The van der Waals surface area contributed by atoms with Crippen LogP contribution >= 0.6 is 0 Å². The number of benzene rings is 2. The molecule has 1 aromatic heterocycles. The number of aliphatic imine (C=N–C) groups is 1. The Kier molecular flexibility index (Phi) is 2.56. The molecule has 5 nitrogen and oxygen atoms in total. The maximum absolute atomic E-state index is 12.3. The number of amidine groups is 1. The highest BCUT2D eigenvalue weighted by Crippen LogP contribution is 2.38. The largest absolute Gasteiger partial charge is 0.507 e. The summed E-state index contributed by atoms with van der Waals surface area (Å²) >= 11 is 0. The van der Waals surface area contributed by atoms with Gasteiger partial charge in [-0.15, -0.1) is 0 Å². The summed E-state index contributed by atoms with van der Waals surface area (Å²) in [5.41, 5.74) is 7.35. The van der Waals surface area contributed by atoms with Gasteiger partial charge in [0.1, 0.15) is 28.8 Å². The lowest BCUT2D eigenvalue weighted by Gasteiger charge is -2.11. The van der Waals surface area contributed by atoms with Crippen molar-refractivity contribution in [1.82, 2.24) is 0 Å². The first-order chi connectivity index (χ1) is 10.7. The molecule has 1 atom stereocenters.